The number of esters is 3. The summed E-state index contributed by atoms with van der Waals surface area (Å²) in [4.78, 5) is 37.7. The lowest BCUT2D eigenvalue weighted by Gasteiger charge is -2.18. The lowest BCUT2D eigenvalue weighted by atomic mass is 10.1. The van der Waals surface area contributed by atoms with E-state index in [1.165, 1.54) is 38.5 Å². The Hall–Kier alpha value is -3.15. The molecule has 0 aromatic carbocycles. The van der Waals surface area contributed by atoms with E-state index in [0.29, 0.717) is 19.3 Å². The lowest BCUT2D eigenvalue weighted by molar-refractivity contribution is -0.167. The van der Waals surface area contributed by atoms with Crippen molar-refractivity contribution in [1.29, 1.82) is 0 Å². The number of hydrogen-bond acceptors (Lipinski definition) is 6. The Balaban J connectivity index is 4.41. The van der Waals surface area contributed by atoms with E-state index in [4.69, 9.17) is 14.2 Å². The van der Waals surface area contributed by atoms with E-state index < -0.39 is 6.10 Å². The van der Waals surface area contributed by atoms with Crippen LogP contribution in [0, 0.1) is 0 Å². The smallest absolute Gasteiger partial charge is 0.306 e. The molecule has 0 rings (SSSR count). The molecular formula is C50H84O6. The Morgan fingerprint density at radius 2 is 0.732 bits per heavy atom. The summed E-state index contributed by atoms with van der Waals surface area (Å²) in [6.45, 7) is 6.37. The first-order chi connectivity index (χ1) is 27.5. The number of rotatable bonds is 40. The van der Waals surface area contributed by atoms with Gasteiger partial charge in [-0.05, 0) is 96.3 Å². The Kier molecular flexibility index (Phi) is 42.1. The first-order valence-corrected chi connectivity index (χ1v) is 22.9. The summed E-state index contributed by atoms with van der Waals surface area (Å²) in [5.41, 5.74) is 0. The third-order valence-electron chi connectivity index (χ3n) is 9.40. The molecule has 0 aliphatic carbocycles. The average molecular weight is 781 g/mol. The Morgan fingerprint density at radius 1 is 0.375 bits per heavy atom. The van der Waals surface area contributed by atoms with Gasteiger partial charge in [0.15, 0.2) is 6.10 Å². The highest BCUT2D eigenvalue weighted by molar-refractivity contribution is 5.71. The molecular weight excluding hydrogens is 697 g/mol. The summed E-state index contributed by atoms with van der Waals surface area (Å²) in [5, 5.41) is 0. The Labute approximate surface area is 344 Å². The van der Waals surface area contributed by atoms with Gasteiger partial charge in [0.2, 0.25) is 0 Å². The van der Waals surface area contributed by atoms with Gasteiger partial charge in [0, 0.05) is 19.3 Å². The molecule has 0 saturated carbocycles. The van der Waals surface area contributed by atoms with Gasteiger partial charge in [0.25, 0.3) is 0 Å². The zero-order valence-corrected chi connectivity index (χ0v) is 36.4. The van der Waals surface area contributed by atoms with Gasteiger partial charge in [-0.1, -0.05) is 164 Å². The molecule has 56 heavy (non-hydrogen) atoms. The van der Waals surface area contributed by atoms with E-state index in [1.54, 1.807) is 0 Å². The second kappa shape index (κ2) is 44.6. The normalized spacial score (nSPS) is 12.7. The number of ether oxygens (including phenoxy) is 3. The van der Waals surface area contributed by atoms with Crippen molar-refractivity contribution in [3.63, 3.8) is 0 Å². The number of carbonyl (C=O) groups excluding carboxylic acids is 3. The predicted octanol–water partition coefficient (Wildman–Crippen LogP) is 14.7. The van der Waals surface area contributed by atoms with Crippen LogP contribution in [0.4, 0.5) is 0 Å². The van der Waals surface area contributed by atoms with Crippen LogP contribution in [0.2, 0.25) is 0 Å². The van der Waals surface area contributed by atoms with Crippen molar-refractivity contribution in [1.82, 2.24) is 0 Å². The van der Waals surface area contributed by atoms with Gasteiger partial charge >= 0.3 is 17.9 Å². The number of allylic oxidation sites excluding steroid dienone is 12. The van der Waals surface area contributed by atoms with Crippen molar-refractivity contribution < 1.29 is 28.6 Å². The summed E-state index contributed by atoms with van der Waals surface area (Å²) in [7, 11) is 0. The third-order valence-corrected chi connectivity index (χ3v) is 9.40. The minimum Gasteiger partial charge on any atom is -0.462 e. The zero-order chi connectivity index (χ0) is 40.8. The van der Waals surface area contributed by atoms with E-state index in [-0.39, 0.29) is 31.1 Å². The first kappa shape index (κ1) is 52.9. The molecule has 0 aliphatic rings. The van der Waals surface area contributed by atoms with Crippen LogP contribution in [0.5, 0.6) is 0 Å². The SMILES string of the molecule is CC/C=C\C/C=C\C/C=C\C/C=C\CCCCCCC(=O)OCC(COC(=O)CCCCCCC/C=C\CCC)OC(=O)CCCCCCC/C=C\CCCC. The summed E-state index contributed by atoms with van der Waals surface area (Å²) < 4.78 is 16.7. The fourth-order valence-electron chi connectivity index (χ4n) is 5.94. The molecule has 0 heterocycles. The maximum absolute atomic E-state index is 12.7. The molecule has 0 aromatic heterocycles. The van der Waals surface area contributed by atoms with E-state index in [2.05, 4.69) is 93.7 Å². The summed E-state index contributed by atoms with van der Waals surface area (Å²) in [6, 6.07) is 0. The molecule has 320 valence electrons. The summed E-state index contributed by atoms with van der Waals surface area (Å²) in [5.74, 6) is -0.943. The van der Waals surface area contributed by atoms with Gasteiger partial charge in [0.05, 0.1) is 0 Å². The highest BCUT2D eigenvalue weighted by atomic mass is 16.6. The van der Waals surface area contributed by atoms with Crippen LogP contribution in [0.15, 0.2) is 72.9 Å². The fraction of sp³-hybridized carbons (Fsp3) is 0.700. The quantitative estimate of drug-likeness (QED) is 0.0267. The Bertz CT molecular complexity index is 1080. The molecule has 0 amide bonds. The molecule has 1 unspecified atom stereocenters. The van der Waals surface area contributed by atoms with Gasteiger partial charge in [-0.2, -0.15) is 0 Å². The van der Waals surface area contributed by atoms with Crippen LogP contribution in [0.25, 0.3) is 0 Å². The van der Waals surface area contributed by atoms with Crippen molar-refractivity contribution in [2.75, 3.05) is 13.2 Å². The maximum Gasteiger partial charge on any atom is 0.306 e. The number of carbonyl (C=O) groups is 3. The van der Waals surface area contributed by atoms with Crippen LogP contribution in [-0.2, 0) is 28.6 Å². The molecule has 0 aliphatic heterocycles. The van der Waals surface area contributed by atoms with Crippen LogP contribution in [-0.4, -0.2) is 37.2 Å². The lowest BCUT2D eigenvalue weighted by Crippen LogP contribution is -2.30. The molecule has 0 aromatic rings. The minimum absolute atomic E-state index is 0.0922. The zero-order valence-electron chi connectivity index (χ0n) is 36.4. The molecule has 1 atom stereocenters. The Morgan fingerprint density at radius 3 is 1.18 bits per heavy atom. The highest BCUT2D eigenvalue weighted by Gasteiger charge is 2.19. The second-order valence-corrected chi connectivity index (χ2v) is 14.9. The summed E-state index contributed by atoms with van der Waals surface area (Å²) in [6.07, 6.45) is 54.6. The second-order valence-electron chi connectivity index (χ2n) is 14.9. The first-order valence-electron chi connectivity index (χ1n) is 22.9. The molecule has 0 N–H and O–H groups in total. The van der Waals surface area contributed by atoms with Gasteiger partial charge in [-0.3, -0.25) is 14.4 Å². The van der Waals surface area contributed by atoms with Gasteiger partial charge in [-0.15, -0.1) is 0 Å². The van der Waals surface area contributed by atoms with Crippen LogP contribution < -0.4 is 0 Å². The van der Waals surface area contributed by atoms with Gasteiger partial charge in [0.1, 0.15) is 13.2 Å². The summed E-state index contributed by atoms with van der Waals surface area (Å²) >= 11 is 0. The molecule has 0 radical (unpaired) electrons. The maximum atomic E-state index is 12.7. The average Bonchev–Trinajstić information content (AvgIpc) is 3.19. The highest BCUT2D eigenvalue weighted by Crippen LogP contribution is 2.13. The molecule has 0 bridgehead atoms. The van der Waals surface area contributed by atoms with Crippen molar-refractivity contribution in [2.24, 2.45) is 0 Å². The molecule has 0 fully saturated rings. The topological polar surface area (TPSA) is 78.9 Å². The largest absolute Gasteiger partial charge is 0.462 e. The number of unbranched alkanes of at least 4 members (excludes halogenated alkanes) is 17. The fourth-order valence-corrected chi connectivity index (χ4v) is 5.94. The molecule has 6 nitrogen and oxygen atoms in total. The van der Waals surface area contributed by atoms with E-state index in [9.17, 15) is 14.4 Å². The molecule has 0 spiro atoms. The van der Waals surface area contributed by atoms with Crippen LogP contribution in [0.1, 0.15) is 207 Å². The van der Waals surface area contributed by atoms with Crippen molar-refractivity contribution in [2.45, 2.75) is 213 Å². The van der Waals surface area contributed by atoms with Crippen molar-refractivity contribution in [3.8, 4) is 0 Å². The van der Waals surface area contributed by atoms with Crippen molar-refractivity contribution >= 4 is 17.9 Å². The minimum atomic E-state index is -0.790. The number of hydrogen-bond donors (Lipinski definition) is 0. The standard InChI is InChI=1S/C50H84O6/c1-4-7-10-13-16-19-22-23-24-25-26-27-29-31-34-37-40-43-49(52)55-46-47(45-54-48(51)42-39-36-33-30-21-18-15-12-9-6-3)56-50(53)44-41-38-35-32-28-20-17-14-11-8-5-2/h7,10,12,14-17,19,23-24,26-27,47H,4-6,8-9,11,13,18,20-22,25,28-46H2,1-3H3/b10-7-,15-12-,17-14-,19-16-,24-23-,27-26-. The van der Waals surface area contributed by atoms with E-state index in [1.807, 2.05) is 0 Å². The van der Waals surface area contributed by atoms with E-state index in [0.717, 1.165) is 128 Å². The predicted molar refractivity (Wildman–Crippen MR) is 238 cm³/mol. The van der Waals surface area contributed by atoms with E-state index >= 15 is 0 Å². The monoisotopic (exact) mass is 781 g/mol. The van der Waals surface area contributed by atoms with Gasteiger partial charge < -0.3 is 14.2 Å². The van der Waals surface area contributed by atoms with Crippen LogP contribution >= 0.6 is 0 Å². The van der Waals surface area contributed by atoms with Crippen LogP contribution in [0.3, 0.4) is 0 Å². The van der Waals surface area contributed by atoms with Gasteiger partial charge in [-0.25, -0.2) is 0 Å². The molecule has 0 saturated heterocycles. The van der Waals surface area contributed by atoms with Crippen molar-refractivity contribution in [3.05, 3.63) is 72.9 Å². The molecule has 6 heteroatoms. The third kappa shape index (κ3) is 42.0.